The summed E-state index contributed by atoms with van der Waals surface area (Å²) in [7, 11) is 0. The number of rotatable bonds is 5. The number of aromatic nitrogens is 5. The number of hydrogen-bond acceptors (Lipinski definition) is 8. The fourth-order valence-corrected chi connectivity index (χ4v) is 2.06. The zero-order chi connectivity index (χ0) is 14.5. The number of nitrogens with zero attached hydrogens (tertiary/aromatic N) is 5. The molecular weight excluding hydrogens is 284 g/mol. The van der Waals surface area contributed by atoms with Gasteiger partial charge in [0.05, 0.1) is 12.3 Å². The lowest BCUT2D eigenvalue weighted by atomic mass is 10.5. The Hall–Kier alpha value is -2.36. The van der Waals surface area contributed by atoms with Crippen LogP contribution in [0.1, 0.15) is 23.2 Å². The Morgan fingerprint density at radius 1 is 1.50 bits per heavy atom. The highest BCUT2D eigenvalue weighted by Crippen LogP contribution is 2.14. The molecule has 0 radical (unpaired) electrons. The Labute approximate surface area is 118 Å². The third-order valence-corrected chi connectivity index (χ3v) is 3.02. The summed E-state index contributed by atoms with van der Waals surface area (Å²) in [5.74, 6) is -1.16. The van der Waals surface area contributed by atoms with E-state index < -0.39 is 5.97 Å². The fraction of sp³-hybridized carbons (Fsp3) is 0.400. The van der Waals surface area contributed by atoms with Gasteiger partial charge in [0.2, 0.25) is 5.91 Å². The largest absolute Gasteiger partial charge is 0.460 e. The minimum Gasteiger partial charge on any atom is -0.460 e. The van der Waals surface area contributed by atoms with Crippen LogP contribution < -0.4 is 5.32 Å². The molecule has 1 N–H and O–H groups in total. The highest BCUT2D eigenvalue weighted by atomic mass is 32.1. The van der Waals surface area contributed by atoms with Gasteiger partial charge in [-0.3, -0.25) is 4.79 Å². The number of esters is 1. The predicted octanol–water partition coefficient (Wildman–Crippen LogP) is 0.253. The summed E-state index contributed by atoms with van der Waals surface area (Å²) in [5, 5.41) is 15.4. The molecule has 0 fully saturated rings. The number of ether oxygens (including phenoxy) is 1. The molecule has 1 amide bonds. The van der Waals surface area contributed by atoms with Crippen molar-refractivity contribution < 1.29 is 14.3 Å². The van der Waals surface area contributed by atoms with Gasteiger partial charge in [0.25, 0.3) is 5.82 Å². The summed E-state index contributed by atoms with van der Waals surface area (Å²) in [6.45, 7) is 3.51. The molecule has 106 valence electrons. The van der Waals surface area contributed by atoms with Crippen molar-refractivity contribution in [2.24, 2.45) is 0 Å². The van der Waals surface area contributed by atoms with Crippen LogP contribution in [-0.2, 0) is 16.1 Å². The van der Waals surface area contributed by atoms with Crippen LogP contribution in [0.15, 0.2) is 5.38 Å². The summed E-state index contributed by atoms with van der Waals surface area (Å²) >= 11 is 1.31. The maximum atomic E-state index is 11.8. The molecule has 9 nitrogen and oxygen atoms in total. The minimum atomic E-state index is -0.671. The molecule has 10 heteroatoms. The highest BCUT2D eigenvalue weighted by Gasteiger charge is 2.18. The Morgan fingerprint density at radius 3 is 2.95 bits per heavy atom. The van der Waals surface area contributed by atoms with Gasteiger partial charge in [-0.2, -0.15) is 0 Å². The SMILES string of the molecule is CCOC(=O)c1nnnn1CC(=O)Nc1nc(C)cs1. The summed E-state index contributed by atoms with van der Waals surface area (Å²) in [5.41, 5.74) is 0.819. The topological polar surface area (TPSA) is 112 Å². The first-order valence-corrected chi connectivity index (χ1v) is 6.63. The lowest BCUT2D eigenvalue weighted by molar-refractivity contribution is -0.116. The molecule has 0 aliphatic rings. The highest BCUT2D eigenvalue weighted by molar-refractivity contribution is 7.13. The van der Waals surface area contributed by atoms with Gasteiger partial charge in [0.15, 0.2) is 5.13 Å². The number of thiazole rings is 1. The molecule has 0 saturated heterocycles. The Balaban J connectivity index is 2.01. The van der Waals surface area contributed by atoms with Crippen molar-refractivity contribution in [3.8, 4) is 0 Å². The second kappa shape index (κ2) is 6.19. The van der Waals surface area contributed by atoms with Crippen LogP contribution in [0.2, 0.25) is 0 Å². The second-order valence-corrected chi connectivity index (χ2v) is 4.58. The van der Waals surface area contributed by atoms with E-state index in [1.807, 2.05) is 12.3 Å². The zero-order valence-electron chi connectivity index (χ0n) is 10.9. The zero-order valence-corrected chi connectivity index (χ0v) is 11.7. The van der Waals surface area contributed by atoms with E-state index in [1.54, 1.807) is 6.92 Å². The van der Waals surface area contributed by atoms with Gasteiger partial charge < -0.3 is 10.1 Å². The van der Waals surface area contributed by atoms with Crippen LogP contribution >= 0.6 is 11.3 Å². The third kappa shape index (κ3) is 3.35. The van der Waals surface area contributed by atoms with E-state index in [9.17, 15) is 9.59 Å². The average Bonchev–Trinajstić information content (AvgIpc) is 2.99. The van der Waals surface area contributed by atoms with E-state index in [0.717, 1.165) is 10.4 Å². The van der Waals surface area contributed by atoms with Gasteiger partial charge in [0.1, 0.15) is 6.54 Å². The van der Waals surface area contributed by atoms with E-state index in [1.165, 1.54) is 11.3 Å². The first-order valence-electron chi connectivity index (χ1n) is 5.75. The molecule has 0 aliphatic heterocycles. The lowest BCUT2D eigenvalue weighted by Gasteiger charge is -2.04. The van der Waals surface area contributed by atoms with Crippen LogP contribution in [0.5, 0.6) is 0 Å². The Bertz CT molecular complexity index is 622. The van der Waals surface area contributed by atoms with Crippen LogP contribution in [0, 0.1) is 6.92 Å². The molecule has 0 saturated carbocycles. The maximum Gasteiger partial charge on any atom is 0.378 e. The van der Waals surface area contributed by atoms with Gasteiger partial charge in [-0.15, -0.1) is 16.4 Å². The summed E-state index contributed by atoms with van der Waals surface area (Å²) in [6, 6.07) is 0. The average molecular weight is 296 g/mol. The minimum absolute atomic E-state index is 0.114. The summed E-state index contributed by atoms with van der Waals surface area (Å²) in [6.07, 6.45) is 0. The molecule has 0 bridgehead atoms. The van der Waals surface area contributed by atoms with Crippen molar-refractivity contribution >= 4 is 28.3 Å². The van der Waals surface area contributed by atoms with Crippen LogP contribution in [0.25, 0.3) is 0 Å². The van der Waals surface area contributed by atoms with E-state index in [4.69, 9.17) is 4.74 Å². The van der Waals surface area contributed by atoms with E-state index in [2.05, 4.69) is 25.8 Å². The fourth-order valence-electron chi connectivity index (χ4n) is 1.36. The number of amides is 1. The summed E-state index contributed by atoms with van der Waals surface area (Å²) in [4.78, 5) is 27.5. The van der Waals surface area contributed by atoms with Crippen LogP contribution in [0.4, 0.5) is 5.13 Å². The molecule has 0 spiro atoms. The smallest absolute Gasteiger partial charge is 0.378 e. The van der Waals surface area contributed by atoms with Gasteiger partial charge in [-0.1, -0.05) is 0 Å². The molecule has 2 aromatic heterocycles. The predicted molar refractivity (Wildman–Crippen MR) is 69.3 cm³/mol. The van der Waals surface area contributed by atoms with Crippen molar-refractivity contribution in [3.05, 3.63) is 16.9 Å². The van der Waals surface area contributed by atoms with Crippen LogP contribution in [0.3, 0.4) is 0 Å². The molecule has 2 rings (SSSR count). The van der Waals surface area contributed by atoms with Gasteiger partial charge in [-0.25, -0.2) is 14.5 Å². The summed E-state index contributed by atoms with van der Waals surface area (Å²) < 4.78 is 5.86. The van der Waals surface area contributed by atoms with Gasteiger partial charge >= 0.3 is 5.97 Å². The normalized spacial score (nSPS) is 10.3. The molecule has 20 heavy (non-hydrogen) atoms. The van der Waals surface area contributed by atoms with Crippen molar-refractivity contribution in [2.75, 3.05) is 11.9 Å². The number of tetrazole rings is 1. The van der Waals surface area contributed by atoms with Gasteiger partial charge in [0, 0.05) is 5.38 Å². The molecular formula is C10H12N6O3S. The molecule has 0 unspecified atom stereocenters. The van der Waals surface area contributed by atoms with E-state index >= 15 is 0 Å². The number of hydrogen-bond donors (Lipinski definition) is 1. The number of carbonyl (C=O) groups is 2. The van der Waals surface area contributed by atoms with E-state index in [0.29, 0.717) is 5.13 Å². The Morgan fingerprint density at radius 2 is 2.30 bits per heavy atom. The van der Waals surface area contributed by atoms with E-state index in [-0.39, 0.29) is 24.9 Å². The molecule has 0 atom stereocenters. The number of nitrogens with one attached hydrogen (secondary N) is 1. The van der Waals surface area contributed by atoms with Gasteiger partial charge in [-0.05, 0) is 24.3 Å². The number of aryl methyl sites for hydroxylation is 1. The molecule has 2 aromatic rings. The monoisotopic (exact) mass is 296 g/mol. The standard InChI is InChI=1S/C10H12N6O3S/c1-3-19-9(18)8-13-14-15-16(8)4-7(17)12-10-11-6(2)5-20-10/h5H,3-4H2,1-2H3,(H,11,12,17). The first kappa shape index (κ1) is 14.1. The number of carbonyl (C=O) groups excluding carboxylic acids is 2. The first-order chi connectivity index (χ1) is 9.60. The molecule has 0 aliphatic carbocycles. The van der Waals surface area contributed by atoms with Crippen molar-refractivity contribution in [1.82, 2.24) is 25.2 Å². The van der Waals surface area contributed by atoms with Crippen molar-refractivity contribution in [3.63, 3.8) is 0 Å². The quantitative estimate of drug-likeness (QED) is 0.787. The lowest BCUT2D eigenvalue weighted by Crippen LogP contribution is -2.23. The van der Waals surface area contributed by atoms with Crippen LogP contribution in [-0.4, -0.2) is 43.7 Å². The Kier molecular flexibility index (Phi) is 4.35. The third-order valence-electron chi connectivity index (χ3n) is 2.15. The van der Waals surface area contributed by atoms with Crippen molar-refractivity contribution in [2.45, 2.75) is 20.4 Å². The second-order valence-electron chi connectivity index (χ2n) is 3.72. The van der Waals surface area contributed by atoms with Crippen molar-refractivity contribution in [1.29, 1.82) is 0 Å². The maximum absolute atomic E-state index is 11.8. The molecule has 0 aromatic carbocycles. The number of anilines is 1. The molecule has 2 heterocycles.